The second-order valence-electron chi connectivity index (χ2n) is 6.58. The summed E-state index contributed by atoms with van der Waals surface area (Å²) in [5.74, 6) is 0. The van der Waals surface area contributed by atoms with Gasteiger partial charge in [0.25, 0.3) is 5.69 Å². The molecule has 0 N–H and O–H groups in total. The molecule has 4 aromatic rings. The van der Waals surface area contributed by atoms with Gasteiger partial charge in [0.1, 0.15) is 16.2 Å². The van der Waals surface area contributed by atoms with Crippen LogP contribution in [0.25, 0.3) is 33.8 Å². The number of fused-ring (bicyclic) bond motifs is 1. The van der Waals surface area contributed by atoms with Crippen LogP contribution in [0.5, 0.6) is 0 Å². The molecule has 8 heteroatoms. The van der Waals surface area contributed by atoms with E-state index < -0.39 is 4.92 Å². The molecule has 0 bridgehead atoms. The molecule has 0 atom stereocenters. The smallest absolute Gasteiger partial charge is 0.258 e. The second kappa shape index (κ2) is 8.03. The van der Waals surface area contributed by atoms with E-state index in [9.17, 15) is 15.4 Å². The molecule has 2 aromatic heterocycles. The Morgan fingerprint density at radius 2 is 1.97 bits per heavy atom. The van der Waals surface area contributed by atoms with Crippen LogP contribution in [0.3, 0.4) is 0 Å². The Hall–Kier alpha value is -3.60. The summed E-state index contributed by atoms with van der Waals surface area (Å²) in [5, 5.41) is 24.1. The third-order valence-corrected chi connectivity index (χ3v) is 5.66. The highest BCUT2D eigenvalue weighted by Crippen LogP contribution is 2.30. The van der Waals surface area contributed by atoms with Crippen molar-refractivity contribution in [3.63, 3.8) is 0 Å². The number of nitro benzene ring substituents is 1. The first-order valence-corrected chi connectivity index (χ1v) is 10.1. The summed E-state index contributed by atoms with van der Waals surface area (Å²) in [6.07, 6.45) is 1.67. The van der Waals surface area contributed by atoms with E-state index in [1.54, 1.807) is 18.2 Å². The lowest BCUT2D eigenvalue weighted by atomic mass is 10.1. The van der Waals surface area contributed by atoms with Crippen LogP contribution in [-0.4, -0.2) is 14.9 Å². The number of benzene rings is 2. The number of thiazole rings is 1. The Balaban J connectivity index is 1.69. The first-order chi connectivity index (χ1) is 14.4. The lowest BCUT2D eigenvalue weighted by molar-refractivity contribution is -0.384. The van der Waals surface area contributed by atoms with Gasteiger partial charge < -0.3 is 0 Å². The minimum absolute atomic E-state index is 0.0143. The summed E-state index contributed by atoms with van der Waals surface area (Å²) >= 11 is 7.67. The highest BCUT2D eigenvalue weighted by atomic mass is 35.5. The van der Waals surface area contributed by atoms with Gasteiger partial charge in [-0.2, -0.15) is 5.26 Å². The average Bonchev–Trinajstić information content (AvgIpc) is 3.22. The van der Waals surface area contributed by atoms with Crippen molar-refractivity contribution < 1.29 is 4.92 Å². The lowest BCUT2D eigenvalue weighted by Gasteiger charge is -2.04. The Bertz CT molecular complexity index is 1350. The minimum Gasteiger partial charge on any atom is -0.258 e. The molecule has 0 aliphatic rings. The van der Waals surface area contributed by atoms with Crippen LogP contribution in [0.1, 0.15) is 16.1 Å². The van der Waals surface area contributed by atoms with E-state index in [2.05, 4.69) is 16.0 Å². The molecule has 0 saturated carbocycles. The van der Waals surface area contributed by atoms with Crippen LogP contribution < -0.4 is 0 Å². The maximum atomic E-state index is 10.8. The Morgan fingerprint density at radius 3 is 2.67 bits per heavy atom. The van der Waals surface area contributed by atoms with Gasteiger partial charge in [0, 0.05) is 34.0 Å². The molecule has 0 aliphatic heterocycles. The molecule has 2 heterocycles. The zero-order valence-electron chi connectivity index (χ0n) is 15.7. The van der Waals surface area contributed by atoms with E-state index in [1.165, 1.54) is 23.5 Å². The van der Waals surface area contributed by atoms with Gasteiger partial charge in [0.05, 0.1) is 21.7 Å². The fourth-order valence-corrected chi connectivity index (χ4v) is 3.95. The van der Waals surface area contributed by atoms with Crippen molar-refractivity contribution in [2.75, 3.05) is 0 Å². The number of nitro groups is 1. The second-order valence-corrected chi connectivity index (χ2v) is 7.79. The van der Waals surface area contributed by atoms with Crippen LogP contribution in [0.4, 0.5) is 5.69 Å². The van der Waals surface area contributed by atoms with Crippen molar-refractivity contribution in [1.82, 2.24) is 9.97 Å². The molecule has 0 unspecified atom stereocenters. The van der Waals surface area contributed by atoms with Gasteiger partial charge in [0.15, 0.2) is 0 Å². The molecule has 30 heavy (non-hydrogen) atoms. The zero-order valence-corrected chi connectivity index (χ0v) is 17.2. The standard InChI is InChI=1S/C22H13ClN4O2S/c1-13-2-3-15-9-16(21(23)25-19(15)8-13)10-17(11-24)22-26-20(12-30-22)14-4-6-18(7-5-14)27(28)29/h2-10,12H,1H3. The number of rotatable bonds is 4. The molecule has 146 valence electrons. The molecular weight excluding hydrogens is 420 g/mol. The minimum atomic E-state index is -0.449. The number of halogens is 1. The normalized spacial score (nSPS) is 11.4. The molecular formula is C22H13ClN4O2S. The van der Waals surface area contributed by atoms with Gasteiger partial charge in [-0.25, -0.2) is 9.97 Å². The van der Waals surface area contributed by atoms with Gasteiger partial charge in [-0.15, -0.1) is 11.3 Å². The number of nitriles is 1. The lowest BCUT2D eigenvalue weighted by Crippen LogP contribution is -1.88. The van der Waals surface area contributed by atoms with Gasteiger partial charge in [0.2, 0.25) is 0 Å². The predicted molar refractivity (Wildman–Crippen MR) is 119 cm³/mol. The van der Waals surface area contributed by atoms with Crippen LogP contribution in [0.2, 0.25) is 5.15 Å². The number of aryl methyl sites for hydroxylation is 1. The third-order valence-electron chi connectivity index (χ3n) is 4.48. The molecule has 2 aromatic carbocycles. The van der Waals surface area contributed by atoms with Crippen LogP contribution in [-0.2, 0) is 0 Å². The van der Waals surface area contributed by atoms with Gasteiger partial charge >= 0.3 is 0 Å². The number of aromatic nitrogens is 2. The van der Waals surface area contributed by atoms with E-state index in [0.29, 0.717) is 27.0 Å². The van der Waals surface area contributed by atoms with E-state index in [4.69, 9.17) is 11.6 Å². The highest BCUT2D eigenvalue weighted by molar-refractivity contribution is 7.11. The van der Waals surface area contributed by atoms with Crippen molar-refractivity contribution >= 4 is 51.2 Å². The Kier molecular flexibility index (Phi) is 5.27. The largest absolute Gasteiger partial charge is 0.269 e. The zero-order chi connectivity index (χ0) is 21.3. The summed E-state index contributed by atoms with van der Waals surface area (Å²) < 4.78 is 0. The van der Waals surface area contributed by atoms with Crippen molar-refractivity contribution in [2.24, 2.45) is 0 Å². The Labute approximate surface area is 180 Å². The molecule has 0 amide bonds. The average molecular weight is 433 g/mol. The summed E-state index contributed by atoms with van der Waals surface area (Å²) in [6, 6.07) is 16.1. The van der Waals surface area contributed by atoms with E-state index in [-0.39, 0.29) is 5.69 Å². The maximum Gasteiger partial charge on any atom is 0.269 e. The number of hydrogen-bond acceptors (Lipinski definition) is 6. The highest BCUT2D eigenvalue weighted by Gasteiger charge is 2.12. The van der Waals surface area contributed by atoms with Crippen LogP contribution >= 0.6 is 22.9 Å². The number of nitrogens with zero attached hydrogens (tertiary/aromatic N) is 4. The number of hydrogen-bond donors (Lipinski definition) is 0. The number of pyridine rings is 1. The van der Waals surface area contributed by atoms with Crippen molar-refractivity contribution in [3.05, 3.63) is 85.3 Å². The topological polar surface area (TPSA) is 92.7 Å². The molecule has 0 spiro atoms. The molecule has 0 saturated heterocycles. The van der Waals surface area contributed by atoms with Crippen molar-refractivity contribution in [1.29, 1.82) is 5.26 Å². The van der Waals surface area contributed by atoms with Crippen molar-refractivity contribution in [2.45, 2.75) is 6.92 Å². The summed E-state index contributed by atoms with van der Waals surface area (Å²) in [5.41, 5.74) is 4.28. The molecule has 0 radical (unpaired) electrons. The SMILES string of the molecule is Cc1ccc2cc(C=C(C#N)c3nc(-c4ccc([N+](=O)[O-])cc4)cs3)c(Cl)nc2c1. The first kappa shape index (κ1) is 19.7. The fraction of sp³-hybridized carbons (Fsp3) is 0.0455. The van der Waals surface area contributed by atoms with Crippen LogP contribution in [0.15, 0.2) is 53.9 Å². The molecule has 0 fully saturated rings. The third kappa shape index (κ3) is 3.92. The van der Waals surface area contributed by atoms with Gasteiger partial charge in [-0.05, 0) is 42.8 Å². The van der Waals surface area contributed by atoms with Crippen LogP contribution in [0, 0.1) is 28.4 Å². The van der Waals surface area contributed by atoms with E-state index in [0.717, 1.165) is 22.0 Å². The number of non-ortho nitro benzene ring substituents is 1. The summed E-state index contributed by atoms with van der Waals surface area (Å²) in [7, 11) is 0. The summed E-state index contributed by atoms with van der Waals surface area (Å²) in [4.78, 5) is 19.3. The predicted octanol–water partition coefficient (Wildman–Crippen LogP) is 6.29. The van der Waals surface area contributed by atoms with Crippen molar-refractivity contribution in [3.8, 4) is 17.3 Å². The summed E-state index contributed by atoms with van der Waals surface area (Å²) in [6.45, 7) is 1.99. The monoisotopic (exact) mass is 432 g/mol. The molecule has 0 aliphatic carbocycles. The molecule has 6 nitrogen and oxygen atoms in total. The Morgan fingerprint density at radius 1 is 1.20 bits per heavy atom. The number of allylic oxidation sites excluding steroid dienone is 1. The van der Waals surface area contributed by atoms with E-state index in [1.807, 2.05) is 36.6 Å². The molecule has 4 rings (SSSR count). The van der Waals surface area contributed by atoms with Gasteiger partial charge in [-0.1, -0.05) is 23.7 Å². The van der Waals surface area contributed by atoms with E-state index >= 15 is 0 Å². The fourth-order valence-electron chi connectivity index (χ4n) is 2.95. The quantitative estimate of drug-likeness (QED) is 0.163. The van der Waals surface area contributed by atoms with Gasteiger partial charge in [-0.3, -0.25) is 10.1 Å². The maximum absolute atomic E-state index is 10.8. The first-order valence-electron chi connectivity index (χ1n) is 8.84.